The van der Waals surface area contributed by atoms with Crippen LogP contribution < -0.4 is 10.6 Å². The first kappa shape index (κ1) is 16.9. The second-order valence-corrected chi connectivity index (χ2v) is 5.56. The van der Waals surface area contributed by atoms with E-state index in [1.807, 2.05) is 0 Å². The third kappa shape index (κ3) is 4.06. The highest BCUT2D eigenvalue weighted by atomic mass is 35.5. The van der Waals surface area contributed by atoms with Crippen LogP contribution in [0.2, 0.25) is 10.0 Å². The van der Waals surface area contributed by atoms with Gasteiger partial charge in [-0.1, -0.05) is 29.3 Å². The summed E-state index contributed by atoms with van der Waals surface area (Å²) in [5.41, 5.74) is 0.781. The lowest BCUT2D eigenvalue weighted by atomic mass is 10.2. The summed E-state index contributed by atoms with van der Waals surface area (Å²) < 4.78 is 0. The zero-order valence-corrected chi connectivity index (χ0v) is 13.4. The molecule has 120 valence electrons. The fraction of sp³-hybridized carbons (Fsp3) is 0.0667. The summed E-state index contributed by atoms with van der Waals surface area (Å²) in [4.78, 5) is 23.7. The number of hydrogen-bond donors (Lipinski definition) is 4. The summed E-state index contributed by atoms with van der Waals surface area (Å²) in [6, 6.07) is 7.10. The van der Waals surface area contributed by atoms with Crippen molar-refractivity contribution < 1.29 is 19.8 Å². The maximum atomic E-state index is 11.9. The van der Waals surface area contributed by atoms with Crippen LogP contribution in [0.5, 0.6) is 11.5 Å². The standard InChI is InChI=1S/C15H12Cl2N2O4/c1-7-2-3-10(12(20)4-7)18-14(22)15(23)19-11-6-8(16)5-9(17)13(11)21/h2-6,20-21H,1H3,(H,18,22)(H,19,23). The number of carbonyl (C=O) groups is 2. The average Bonchev–Trinajstić information content (AvgIpc) is 2.47. The van der Waals surface area contributed by atoms with Crippen molar-refractivity contribution in [2.45, 2.75) is 6.92 Å². The Hall–Kier alpha value is -2.44. The minimum absolute atomic E-state index is 0.0654. The second kappa shape index (κ2) is 6.76. The lowest BCUT2D eigenvalue weighted by Gasteiger charge is -2.10. The van der Waals surface area contributed by atoms with Gasteiger partial charge in [0.25, 0.3) is 0 Å². The molecule has 8 heteroatoms. The van der Waals surface area contributed by atoms with E-state index in [1.54, 1.807) is 13.0 Å². The molecular formula is C15H12Cl2N2O4. The molecule has 2 aromatic carbocycles. The zero-order valence-electron chi connectivity index (χ0n) is 11.9. The molecule has 0 radical (unpaired) electrons. The maximum absolute atomic E-state index is 11.9. The van der Waals surface area contributed by atoms with Crippen molar-refractivity contribution >= 4 is 46.4 Å². The topological polar surface area (TPSA) is 98.7 Å². The third-order valence-corrected chi connectivity index (χ3v) is 3.39. The predicted molar refractivity (Wildman–Crippen MR) is 88.2 cm³/mol. The molecule has 0 unspecified atom stereocenters. The molecule has 0 atom stereocenters. The van der Waals surface area contributed by atoms with Crippen LogP contribution >= 0.6 is 23.2 Å². The number of aryl methyl sites for hydroxylation is 1. The number of anilines is 2. The monoisotopic (exact) mass is 354 g/mol. The molecule has 0 saturated heterocycles. The fourth-order valence-electron chi connectivity index (χ4n) is 1.77. The Kier molecular flexibility index (Phi) is 4.98. The molecule has 0 spiro atoms. The van der Waals surface area contributed by atoms with Crippen molar-refractivity contribution in [2.24, 2.45) is 0 Å². The van der Waals surface area contributed by atoms with Crippen LogP contribution in [0.3, 0.4) is 0 Å². The maximum Gasteiger partial charge on any atom is 0.314 e. The molecule has 0 aromatic heterocycles. The third-order valence-electron chi connectivity index (χ3n) is 2.88. The van der Waals surface area contributed by atoms with Crippen LogP contribution in [0, 0.1) is 6.92 Å². The molecule has 0 fully saturated rings. The Morgan fingerprint density at radius 2 is 1.57 bits per heavy atom. The van der Waals surface area contributed by atoms with Crippen LogP contribution in [0.25, 0.3) is 0 Å². The first-order valence-electron chi connectivity index (χ1n) is 6.38. The Labute approximate surface area is 141 Å². The molecular weight excluding hydrogens is 343 g/mol. The van der Waals surface area contributed by atoms with E-state index in [0.29, 0.717) is 0 Å². The van der Waals surface area contributed by atoms with Gasteiger partial charge in [0.15, 0.2) is 5.75 Å². The molecule has 0 saturated carbocycles. The Morgan fingerprint density at radius 1 is 0.957 bits per heavy atom. The first-order valence-corrected chi connectivity index (χ1v) is 7.13. The van der Waals surface area contributed by atoms with Gasteiger partial charge in [-0.25, -0.2) is 0 Å². The molecule has 0 aliphatic heterocycles. The number of hydrogen-bond acceptors (Lipinski definition) is 4. The molecule has 0 aliphatic rings. The van der Waals surface area contributed by atoms with E-state index in [2.05, 4.69) is 10.6 Å². The minimum Gasteiger partial charge on any atom is -0.506 e. The van der Waals surface area contributed by atoms with Crippen LogP contribution in [-0.2, 0) is 9.59 Å². The Morgan fingerprint density at radius 3 is 2.17 bits per heavy atom. The van der Waals surface area contributed by atoms with E-state index in [1.165, 1.54) is 24.3 Å². The van der Waals surface area contributed by atoms with Gasteiger partial charge in [-0.2, -0.15) is 0 Å². The number of carbonyl (C=O) groups excluding carboxylic acids is 2. The van der Waals surface area contributed by atoms with Gasteiger partial charge >= 0.3 is 11.8 Å². The molecule has 2 aromatic rings. The van der Waals surface area contributed by atoms with E-state index in [9.17, 15) is 19.8 Å². The number of halogens is 2. The molecule has 4 N–H and O–H groups in total. The second-order valence-electron chi connectivity index (χ2n) is 4.71. The van der Waals surface area contributed by atoms with Crippen molar-refractivity contribution in [3.8, 4) is 11.5 Å². The highest BCUT2D eigenvalue weighted by Gasteiger charge is 2.18. The van der Waals surface area contributed by atoms with Crippen LogP contribution in [0.1, 0.15) is 5.56 Å². The molecule has 6 nitrogen and oxygen atoms in total. The van der Waals surface area contributed by atoms with Crippen LogP contribution in [-0.4, -0.2) is 22.0 Å². The summed E-state index contributed by atoms with van der Waals surface area (Å²) >= 11 is 11.5. The molecule has 0 heterocycles. The van der Waals surface area contributed by atoms with Crippen molar-refractivity contribution in [2.75, 3.05) is 10.6 Å². The first-order chi connectivity index (χ1) is 10.8. The lowest BCUT2D eigenvalue weighted by molar-refractivity contribution is -0.133. The molecule has 23 heavy (non-hydrogen) atoms. The quantitative estimate of drug-likeness (QED) is 0.491. The van der Waals surface area contributed by atoms with Crippen molar-refractivity contribution in [3.05, 3.63) is 45.9 Å². The summed E-state index contributed by atoms with van der Waals surface area (Å²) in [6.45, 7) is 1.77. The van der Waals surface area contributed by atoms with Gasteiger partial charge < -0.3 is 20.8 Å². The van der Waals surface area contributed by atoms with Crippen LogP contribution in [0.4, 0.5) is 11.4 Å². The lowest BCUT2D eigenvalue weighted by Crippen LogP contribution is -2.29. The van der Waals surface area contributed by atoms with E-state index in [-0.39, 0.29) is 27.2 Å². The Bertz CT molecular complexity index is 793. The summed E-state index contributed by atoms with van der Waals surface area (Å²) in [5.74, 6) is -2.66. The van der Waals surface area contributed by atoms with Gasteiger partial charge in [0.1, 0.15) is 5.75 Å². The Balaban J connectivity index is 2.13. The summed E-state index contributed by atoms with van der Waals surface area (Å²) in [7, 11) is 0. The number of aromatic hydroxyl groups is 2. The van der Waals surface area contributed by atoms with Gasteiger partial charge in [-0.3, -0.25) is 9.59 Å². The van der Waals surface area contributed by atoms with E-state index >= 15 is 0 Å². The normalized spacial score (nSPS) is 10.2. The molecule has 0 aliphatic carbocycles. The SMILES string of the molecule is Cc1ccc(NC(=O)C(=O)Nc2cc(Cl)cc(Cl)c2O)c(O)c1. The van der Waals surface area contributed by atoms with Crippen LogP contribution in [0.15, 0.2) is 30.3 Å². The number of amides is 2. The highest BCUT2D eigenvalue weighted by Crippen LogP contribution is 2.35. The molecule has 2 rings (SSSR count). The van der Waals surface area contributed by atoms with E-state index < -0.39 is 17.6 Å². The van der Waals surface area contributed by atoms with Crippen molar-refractivity contribution in [1.82, 2.24) is 0 Å². The molecule has 2 amide bonds. The van der Waals surface area contributed by atoms with Gasteiger partial charge in [0, 0.05) is 5.02 Å². The van der Waals surface area contributed by atoms with E-state index in [0.717, 1.165) is 5.56 Å². The fourth-order valence-corrected chi connectivity index (χ4v) is 2.26. The van der Waals surface area contributed by atoms with E-state index in [4.69, 9.17) is 23.2 Å². The number of phenolic OH excluding ortho intramolecular Hbond substituents is 2. The average molecular weight is 355 g/mol. The zero-order chi connectivity index (χ0) is 17.1. The minimum atomic E-state index is -1.06. The van der Waals surface area contributed by atoms with Crippen molar-refractivity contribution in [3.63, 3.8) is 0 Å². The smallest absolute Gasteiger partial charge is 0.314 e. The molecule has 0 bridgehead atoms. The van der Waals surface area contributed by atoms with Crippen molar-refractivity contribution in [1.29, 1.82) is 0 Å². The number of nitrogens with one attached hydrogen (secondary N) is 2. The number of benzene rings is 2. The predicted octanol–water partition coefficient (Wildman–Crippen LogP) is 3.29. The number of rotatable bonds is 2. The number of phenols is 2. The van der Waals surface area contributed by atoms with Gasteiger partial charge in [-0.15, -0.1) is 0 Å². The highest BCUT2D eigenvalue weighted by molar-refractivity contribution is 6.44. The van der Waals surface area contributed by atoms with Gasteiger partial charge in [-0.05, 0) is 36.8 Å². The largest absolute Gasteiger partial charge is 0.506 e. The summed E-state index contributed by atoms with van der Waals surface area (Å²) in [5, 5.41) is 24.0. The van der Waals surface area contributed by atoms with Gasteiger partial charge in [0.2, 0.25) is 0 Å². The summed E-state index contributed by atoms with van der Waals surface area (Å²) in [6.07, 6.45) is 0. The van der Waals surface area contributed by atoms with Gasteiger partial charge in [0.05, 0.1) is 16.4 Å².